The summed E-state index contributed by atoms with van der Waals surface area (Å²) in [5, 5.41) is 0. The van der Waals surface area contributed by atoms with E-state index in [0.717, 1.165) is 12.5 Å². The zero-order valence-corrected chi connectivity index (χ0v) is 9.99. The third-order valence-corrected chi connectivity index (χ3v) is 3.87. The Kier molecular flexibility index (Phi) is 5.80. The Bertz CT molecular complexity index is 107. The minimum atomic E-state index is -2.29. The molecule has 74 valence electrons. The summed E-state index contributed by atoms with van der Waals surface area (Å²) in [4.78, 5) is 0. The Morgan fingerprint density at radius 3 is 2.17 bits per heavy atom. The Labute approximate surface area is 77.7 Å². The van der Waals surface area contributed by atoms with Crippen molar-refractivity contribution in [1.29, 1.82) is 0 Å². The third-order valence-electron chi connectivity index (χ3n) is 2.32. The normalized spacial score (nSPS) is 14.8. The number of halogens is 1. The molecule has 0 bridgehead atoms. The Morgan fingerprint density at radius 1 is 1.25 bits per heavy atom. The molecule has 0 aliphatic carbocycles. The molecule has 0 aromatic heterocycles. The van der Waals surface area contributed by atoms with Gasteiger partial charge in [0.15, 0.2) is 0 Å². The molecule has 0 amide bonds. The minimum Gasteiger partial charge on any atom is -0.314 e. The monoisotopic (exact) mass is 190 g/mol. The standard InChI is InChI=1S/C10H23FSi/c1-5-7-8-10(6-2)9-12(3,4)11/h10H,5-9H2,1-4H3. The van der Waals surface area contributed by atoms with Gasteiger partial charge in [0.1, 0.15) is 0 Å². The van der Waals surface area contributed by atoms with Gasteiger partial charge in [-0.05, 0) is 25.1 Å². The van der Waals surface area contributed by atoms with E-state index in [2.05, 4.69) is 13.8 Å². The third kappa shape index (κ3) is 6.83. The Balaban J connectivity index is 3.67. The van der Waals surface area contributed by atoms with Gasteiger partial charge in [-0.25, -0.2) is 0 Å². The average molecular weight is 190 g/mol. The first-order chi connectivity index (χ1) is 5.49. The molecule has 0 saturated carbocycles. The van der Waals surface area contributed by atoms with Crippen LogP contribution in [0.15, 0.2) is 0 Å². The smallest absolute Gasteiger partial charge is 0.241 e. The highest BCUT2D eigenvalue weighted by Gasteiger charge is 2.24. The largest absolute Gasteiger partial charge is 0.314 e. The van der Waals surface area contributed by atoms with E-state index in [-0.39, 0.29) is 0 Å². The van der Waals surface area contributed by atoms with Crippen LogP contribution in [0.5, 0.6) is 0 Å². The molecule has 0 aromatic rings. The quantitative estimate of drug-likeness (QED) is 0.431. The van der Waals surface area contributed by atoms with Gasteiger partial charge < -0.3 is 4.11 Å². The highest BCUT2D eigenvalue weighted by molar-refractivity contribution is 6.70. The molecule has 0 saturated heterocycles. The van der Waals surface area contributed by atoms with Crippen LogP contribution in [0.1, 0.15) is 39.5 Å². The summed E-state index contributed by atoms with van der Waals surface area (Å²) in [6, 6.07) is 0.865. The molecule has 0 aliphatic rings. The summed E-state index contributed by atoms with van der Waals surface area (Å²) in [7, 11) is -2.29. The van der Waals surface area contributed by atoms with E-state index in [0.29, 0.717) is 5.92 Å². The van der Waals surface area contributed by atoms with Gasteiger partial charge in [0, 0.05) is 0 Å². The van der Waals surface area contributed by atoms with E-state index in [1.54, 1.807) is 0 Å². The lowest BCUT2D eigenvalue weighted by molar-refractivity contribution is 0.476. The maximum Gasteiger partial charge on any atom is 0.241 e. The van der Waals surface area contributed by atoms with Crippen molar-refractivity contribution in [2.24, 2.45) is 5.92 Å². The molecule has 0 spiro atoms. The highest BCUT2D eigenvalue weighted by atomic mass is 28.4. The molecule has 1 atom stereocenters. The van der Waals surface area contributed by atoms with Crippen molar-refractivity contribution in [1.82, 2.24) is 0 Å². The molecule has 0 nitrogen and oxygen atoms in total. The predicted molar refractivity (Wildman–Crippen MR) is 56.7 cm³/mol. The molecule has 0 fully saturated rings. The predicted octanol–water partition coefficient (Wildman–Crippen LogP) is 4.38. The molecule has 2 heteroatoms. The van der Waals surface area contributed by atoms with E-state index >= 15 is 0 Å². The SMILES string of the molecule is CCCCC(CC)C[Si](C)(C)F. The summed E-state index contributed by atoms with van der Waals surface area (Å²) in [5.74, 6) is 0.650. The van der Waals surface area contributed by atoms with Crippen LogP contribution in [0.4, 0.5) is 4.11 Å². The lowest BCUT2D eigenvalue weighted by Gasteiger charge is -2.19. The summed E-state index contributed by atoms with van der Waals surface area (Å²) >= 11 is 0. The van der Waals surface area contributed by atoms with Gasteiger partial charge in [-0.15, -0.1) is 0 Å². The summed E-state index contributed by atoms with van der Waals surface area (Å²) in [6.45, 7) is 8.02. The van der Waals surface area contributed by atoms with Crippen LogP contribution in [0.3, 0.4) is 0 Å². The molecule has 12 heavy (non-hydrogen) atoms. The van der Waals surface area contributed by atoms with Crippen LogP contribution in [0.25, 0.3) is 0 Å². The van der Waals surface area contributed by atoms with Crippen molar-refractivity contribution in [3.05, 3.63) is 0 Å². The van der Waals surface area contributed by atoms with E-state index < -0.39 is 8.41 Å². The fourth-order valence-electron chi connectivity index (χ4n) is 1.63. The van der Waals surface area contributed by atoms with Crippen LogP contribution in [0.2, 0.25) is 19.1 Å². The summed E-state index contributed by atoms with van der Waals surface area (Å²) < 4.78 is 13.4. The van der Waals surface area contributed by atoms with Crippen LogP contribution in [0, 0.1) is 5.92 Å². The van der Waals surface area contributed by atoms with Crippen molar-refractivity contribution < 1.29 is 4.11 Å². The van der Waals surface area contributed by atoms with Gasteiger partial charge >= 0.3 is 0 Å². The van der Waals surface area contributed by atoms with Crippen LogP contribution in [-0.2, 0) is 0 Å². The first-order valence-corrected chi connectivity index (χ1v) is 8.27. The summed E-state index contributed by atoms with van der Waals surface area (Å²) in [6.07, 6.45) is 4.89. The second kappa shape index (κ2) is 5.73. The fourth-order valence-corrected chi connectivity index (χ4v) is 3.50. The van der Waals surface area contributed by atoms with Gasteiger partial charge in [-0.3, -0.25) is 0 Å². The molecular weight excluding hydrogens is 167 g/mol. The fraction of sp³-hybridized carbons (Fsp3) is 1.00. The van der Waals surface area contributed by atoms with Gasteiger partial charge in [0.05, 0.1) is 0 Å². The van der Waals surface area contributed by atoms with E-state index in [1.807, 2.05) is 13.1 Å². The first-order valence-electron chi connectivity index (χ1n) is 5.18. The molecule has 0 radical (unpaired) electrons. The lowest BCUT2D eigenvalue weighted by atomic mass is 10.0. The lowest BCUT2D eigenvalue weighted by Crippen LogP contribution is -2.22. The Hall–Kier alpha value is 0.147. The number of rotatable bonds is 6. The molecule has 0 rings (SSSR count). The zero-order valence-electron chi connectivity index (χ0n) is 8.99. The maximum absolute atomic E-state index is 13.4. The second-order valence-corrected chi connectivity index (χ2v) is 8.18. The van der Waals surface area contributed by atoms with E-state index in [1.165, 1.54) is 19.3 Å². The van der Waals surface area contributed by atoms with Gasteiger partial charge in [-0.2, -0.15) is 0 Å². The number of unbranched alkanes of at least 4 members (excludes halogenated alkanes) is 1. The van der Waals surface area contributed by atoms with Crippen molar-refractivity contribution >= 4 is 8.41 Å². The van der Waals surface area contributed by atoms with Crippen molar-refractivity contribution in [3.8, 4) is 0 Å². The Morgan fingerprint density at radius 2 is 1.83 bits per heavy atom. The highest BCUT2D eigenvalue weighted by Crippen LogP contribution is 2.24. The number of hydrogen-bond donors (Lipinski definition) is 0. The molecule has 1 unspecified atom stereocenters. The van der Waals surface area contributed by atoms with Crippen molar-refractivity contribution in [2.45, 2.75) is 58.7 Å². The molecule has 0 heterocycles. The first kappa shape index (κ1) is 12.1. The van der Waals surface area contributed by atoms with E-state index in [4.69, 9.17) is 0 Å². The molecule has 0 N–H and O–H groups in total. The van der Waals surface area contributed by atoms with Crippen molar-refractivity contribution in [2.75, 3.05) is 0 Å². The zero-order chi connectivity index (χ0) is 9.61. The van der Waals surface area contributed by atoms with Gasteiger partial charge in [0.25, 0.3) is 0 Å². The van der Waals surface area contributed by atoms with Gasteiger partial charge in [0.2, 0.25) is 8.41 Å². The second-order valence-electron chi connectivity index (χ2n) is 4.34. The minimum absolute atomic E-state index is 0.650. The van der Waals surface area contributed by atoms with Gasteiger partial charge in [-0.1, -0.05) is 39.5 Å². The number of hydrogen-bond acceptors (Lipinski definition) is 0. The molecular formula is C10H23FSi. The molecule has 0 aliphatic heterocycles. The van der Waals surface area contributed by atoms with Crippen LogP contribution >= 0.6 is 0 Å². The summed E-state index contributed by atoms with van der Waals surface area (Å²) in [5.41, 5.74) is 0. The maximum atomic E-state index is 13.4. The molecule has 0 aromatic carbocycles. The van der Waals surface area contributed by atoms with E-state index in [9.17, 15) is 4.11 Å². The average Bonchev–Trinajstić information content (AvgIpc) is 1.95. The topological polar surface area (TPSA) is 0 Å². The van der Waals surface area contributed by atoms with Crippen LogP contribution < -0.4 is 0 Å². The van der Waals surface area contributed by atoms with Crippen molar-refractivity contribution in [3.63, 3.8) is 0 Å². The van der Waals surface area contributed by atoms with Crippen LogP contribution in [-0.4, -0.2) is 8.41 Å².